The van der Waals surface area contributed by atoms with E-state index < -0.39 is 0 Å². The highest BCUT2D eigenvalue weighted by molar-refractivity contribution is 7.11. The highest BCUT2D eigenvalue weighted by Gasteiger charge is 2.17. The molecule has 130 valence electrons. The maximum atomic E-state index is 4.83. The maximum absolute atomic E-state index is 4.83. The summed E-state index contributed by atoms with van der Waals surface area (Å²) in [4.78, 5) is 6.33. The molecule has 1 aliphatic carbocycles. The van der Waals surface area contributed by atoms with Gasteiger partial charge in [-0.25, -0.2) is 9.67 Å². The Balaban J connectivity index is 1.45. The van der Waals surface area contributed by atoms with Crippen molar-refractivity contribution in [1.29, 1.82) is 0 Å². The van der Waals surface area contributed by atoms with Crippen LogP contribution < -0.4 is 5.32 Å². The van der Waals surface area contributed by atoms with Crippen LogP contribution in [0.25, 0.3) is 5.69 Å². The van der Waals surface area contributed by atoms with Gasteiger partial charge in [-0.05, 0) is 51.7 Å². The number of aromatic nitrogens is 3. The van der Waals surface area contributed by atoms with Gasteiger partial charge in [-0.2, -0.15) is 5.10 Å². The Kier molecular flexibility index (Phi) is 4.68. The number of nitrogens with one attached hydrogen (secondary N) is 1. The Morgan fingerprint density at radius 3 is 2.80 bits per heavy atom. The SMILES string of the molecule is Cc1c([C@@H](C)NCc2nc3c(s2)CCCC3)cnn1-c1ccccc1. The summed E-state index contributed by atoms with van der Waals surface area (Å²) in [5.41, 5.74) is 4.87. The summed E-state index contributed by atoms with van der Waals surface area (Å²) in [5, 5.41) is 9.42. The predicted octanol–water partition coefficient (Wildman–Crippen LogP) is 4.37. The molecule has 0 aliphatic heterocycles. The third-order valence-corrected chi connectivity index (χ3v) is 6.12. The number of nitrogens with zero attached hydrogens (tertiary/aromatic N) is 3. The molecule has 0 radical (unpaired) electrons. The van der Waals surface area contributed by atoms with Gasteiger partial charge in [0.15, 0.2) is 0 Å². The zero-order chi connectivity index (χ0) is 17.2. The Labute approximate surface area is 152 Å². The molecule has 5 heteroatoms. The van der Waals surface area contributed by atoms with Crippen LogP contribution in [0, 0.1) is 6.92 Å². The van der Waals surface area contributed by atoms with Crippen LogP contribution in [-0.2, 0) is 19.4 Å². The van der Waals surface area contributed by atoms with E-state index in [9.17, 15) is 0 Å². The van der Waals surface area contributed by atoms with E-state index in [4.69, 9.17) is 4.98 Å². The smallest absolute Gasteiger partial charge is 0.107 e. The van der Waals surface area contributed by atoms with E-state index >= 15 is 0 Å². The third kappa shape index (κ3) is 3.39. The van der Waals surface area contributed by atoms with Crippen molar-refractivity contribution in [3.05, 3.63) is 63.4 Å². The molecule has 0 amide bonds. The summed E-state index contributed by atoms with van der Waals surface area (Å²) in [6.45, 7) is 5.16. The summed E-state index contributed by atoms with van der Waals surface area (Å²) >= 11 is 1.88. The second-order valence-corrected chi connectivity index (χ2v) is 7.89. The van der Waals surface area contributed by atoms with Crippen molar-refractivity contribution in [2.24, 2.45) is 0 Å². The molecule has 4 nitrogen and oxygen atoms in total. The maximum Gasteiger partial charge on any atom is 0.107 e. The van der Waals surface area contributed by atoms with Crippen molar-refractivity contribution in [3.63, 3.8) is 0 Å². The molecule has 1 aliphatic rings. The first-order chi connectivity index (χ1) is 12.2. The Hall–Kier alpha value is -1.98. The summed E-state index contributed by atoms with van der Waals surface area (Å²) in [6.07, 6.45) is 6.96. The Bertz CT molecular complexity index is 826. The van der Waals surface area contributed by atoms with Gasteiger partial charge in [0.25, 0.3) is 0 Å². The van der Waals surface area contributed by atoms with Gasteiger partial charge in [0.2, 0.25) is 0 Å². The van der Waals surface area contributed by atoms with Crippen molar-refractivity contribution in [1.82, 2.24) is 20.1 Å². The second kappa shape index (κ2) is 7.10. The highest BCUT2D eigenvalue weighted by Crippen LogP contribution is 2.27. The molecule has 4 rings (SSSR count). The lowest BCUT2D eigenvalue weighted by Crippen LogP contribution is -2.18. The predicted molar refractivity (Wildman–Crippen MR) is 102 cm³/mol. The fourth-order valence-electron chi connectivity index (χ4n) is 3.51. The minimum Gasteiger partial charge on any atom is -0.304 e. The van der Waals surface area contributed by atoms with Gasteiger partial charge in [-0.1, -0.05) is 18.2 Å². The van der Waals surface area contributed by atoms with E-state index in [1.165, 1.54) is 46.1 Å². The zero-order valence-corrected chi connectivity index (χ0v) is 15.6. The van der Waals surface area contributed by atoms with Gasteiger partial charge in [0.05, 0.1) is 17.6 Å². The van der Waals surface area contributed by atoms with E-state index in [2.05, 4.69) is 36.4 Å². The van der Waals surface area contributed by atoms with Gasteiger partial charge in [0.1, 0.15) is 5.01 Å². The van der Waals surface area contributed by atoms with Crippen LogP contribution >= 0.6 is 11.3 Å². The van der Waals surface area contributed by atoms with Gasteiger partial charge in [-0.3, -0.25) is 0 Å². The third-order valence-electron chi connectivity index (χ3n) is 4.96. The van der Waals surface area contributed by atoms with Crippen molar-refractivity contribution in [3.8, 4) is 5.69 Å². The molecule has 3 aromatic rings. The Morgan fingerprint density at radius 2 is 2.00 bits per heavy atom. The van der Waals surface area contributed by atoms with E-state index in [1.54, 1.807) is 0 Å². The molecule has 2 heterocycles. The van der Waals surface area contributed by atoms with Crippen molar-refractivity contribution in [2.45, 2.75) is 52.1 Å². The molecule has 2 aromatic heterocycles. The monoisotopic (exact) mass is 352 g/mol. The fourth-order valence-corrected chi connectivity index (χ4v) is 4.62. The number of thiazole rings is 1. The van der Waals surface area contributed by atoms with Gasteiger partial charge in [0, 0.05) is 28.7 Å². The van der Waals surface area contributed by atoms with E-state index in [-0.39, 0.29) is 6.04 Å². The largest absolute Gasteiger partial charge is 0.304 e. The van der Waals surface area contributed by atoms with Crippen LogP contribution in [0.4, 0.5) is 0 Å². The first-order valence-electron chi connectivity index (χ1n) is 9.03. The van der Waals surface area contributed by atoms with E-state index in [1.807, 2.05) is 40.4 Å². The van der Waals surface area contributed by atoms with E-state index in [0.717, 1.165) is 18.7 Å². The average molecular weight is 353 g/mol. The number of fused-ring (bicyclic) bond motifs is 1. The number of para-hydroxylation sites is 1. The van der Waals surface area contributed by atoms with Crippen molar-refractivity contribution in [2.75, 3.05) is 0 Å². The van der Waals surface area contributed by atoms with Gasteiger partial charge >= 0.3 is 0 Å². The summed E-state index contributed by atoms with van der Waals surface area (Å²) in [5.74, 6) is 0. The fraction of sp³-hybridized carbons (Fsp3) is 0.400. The molecule has 0 spiro atoms. The van der Waals surface area contributed by atoms with Crippen LogP contribution in [0.3, 0.4) is 0 Å². The molecule has 1 N–H and O–H groups in total. The highest BCUT2D eigenvalue weighted by atomic mass is 32.1. The topological polar surface area (TPSA) is 42.7 Å². The second-order valence-electron chi connectivity index (χ2n) is 6.72. The van der Waals surface area contributed by atoms with Crippen molar-refractivity contribution < 1.29 is 0 Å². The Morgan fingerprint density at radius 1 is 1.20 bits per heavy atom. The van der Waals surface area contributed by atoms with Crippen LogP contribution in [0.5, 0.6) is 0 Å². The number of rotatable bonds is 5. The molecule has 25 heavy (non-hydrogen) atoms. The molecular formula is C20H24N4S. The first kappa shape index (κ1) is 16.5. The quantitative estimate of drug-likeness (QED) is 0.741. The first-order valence-corrected chi connectivity index (χ1v) is 9.85. The summed E-state index contributed by atoms with van der Waals surface area (Å²) in [7, 11) is 0. The number of aryl methyl sites for hydroxylation is 2. The van der Waals surface area contributed by atoms with Crippen LogP contribution in [0.1, 0.15) is 52.6 Å². The molecule has 1 aromatic carbocycles. The van der Waals surface area contributed by atoms with E-state index in [0.29, 0.717) is 0 Å². The van der Waals surface area contributed by atoms with Crippen LogP contribution in [0.2, 0.25) is 0 Å². The van der Waals surface area contributed by atoms with Crippen LogP contribution in [0.15, 0.2) is 36.5 Å². The van der Waals surface area contributed by atoms with Gasteiger partial charge in [-0.15, -0.1) is 11.3 Å². The molecule has 0 unspecified atom stereocenters. The molecule has 0 fully saturated rings. The normalized spacial score (nSPS) is 15.1. The number of hydrogen-bond donors (Lipinski definition) is 1. The number of benzene rings is 1. The summed E-state index contributed by atoms with van der Waals surface area (Å²) in [6, 6.07) is 10.5. The number of hydrogen-bond acceptors (Lipinski definition) is 4. The molecule has 1 atom stereocenters. The lowest BCUT2D eigenvalue weighted by molar-refractivity contribution is 0.568. The lowest BCUT2D eigenvalue weighted by atomic mass is 10.0. The van der Waals surface area contributed by atoms with Crippen LogP contribution in [-0.4, -0.2) is 14.8 Å². The van der Waals surface area contributed by atoms with Crippen molar-refractivity contribution >= 4 is 11.3 Å². The zero-order valence-electron chi connectivity index (χ0n) is 14.8. The minimum atomic E-state index is 0.249. The summed E-state index contributed by atoms with van der Waals surface area (Å²) < 4.78 is 2.01. The molecule has 0 bridgehead atoms. The lowest BCUT2D eigenvalue weighted by Gasteiger charge is -2.13. The molecule has 0 saturated heterocycles. The average Bonchev–Trinajstić information content (AvgIpc) is 3.23. The minimum absolute atomic E-state index is 0.249. The molecule has 0 saturated carbocycles. The standard InChI is InChI=1S/C20H24N4S/c1-14(21-13-20-23-18-10-6-7-11-19(18)25-20)17-12-22-24(15(17)2)16-8-4-3-5-9-16/h3-5,8-9,12,14,21H,6-7,10-11,13H2,1-2H3/t14-/m1/s1. The van der Waals surface area contributed by atoms with Gasteiger partial charge < -0.3 is 5.32 Å². The molecular weight excluding hydrogens is 328 g/mol.